The van der Waals surface area contributed by atoms with Gasteiger partial charge in [0, 0.05) is 43.7 Å². The Morgan fingerprint density at radius 1 is 0.962 bits per heavy atom. The molecule has 0 bridgehead atoms. The van der Waals surface area contributed by atoms with E-state index in [9.17, 15) is 10.1 Å². The molecule has 26 heavy (non-hydrogen) atoms. The summed E-state index contributed by atoms with van der Waals surface area (Å²) in [6.45, 7) is 0. The molecule has 130 valence electrons. The summed E-state index contributed by atoms with van der Waals surface area (Å²) < 4.78 is 0. The first-order chi connectivity index (χ1) is 12.5. The minimum absolute atomic E-state index is 0.0120. The van der Waals surface area contributed by atoms with Crippen molar-refractivity contribution >= 4 is 52.6 Å². The first-order valence-corrected chi connectivity index (χ1v) is 9.10. The highest BCUT2D eigenvalue weighted by atomic mass is 35.5. The van der Waals surface area contributed by atoms with Crippen LogP contribution < -0.4 is 0 Å². The Balaban J connectivity index is 1.95. The molecule has 0 aromatic heterocycles. The summed E-state index contributed by atoms with van der Waals surface area (Å²) in [6, 6.07) is 19.2. The molecule has 0 amide bonds. The Morgan fingerprint density at radius 2 is 1.73 bits per heavy atom. The van der Waals surface area contributed by atoms with Crippen LogP contribution in [0.5, 0.6) is 0 Å². The summed E-state index contributed by atoms with van der Waals surface area (Å²) in [6.07, 6.45) is 1.61. The van der Waals surface area contributed by atoms with Crippen molar-refractivity contribution in [3.8, 4) is 0 Å². The number of aliphatic imine (C=N–C) groups is 1. The molecule has 3 aromatic rings. The van der Waals surface area contributed by atoms with Gasteiger partial charge in [0.25, 0.3) is 5.69 Å². The SMILES string of the molecule is O=[N+]([O-])c1ccc(Sc2ccc(Cl)cc2)c(C=Nc2cccc(Cl)c2)c1. The van der Waals surface area contributed by atoms with Crippen LogP contribution in [-0.4, -0.2) is 11.1 Å². The molecular formula is C19H12Cl2N2O2S. The normalized spacial score (nSPS) is 11.0. The van der Waals surface area contributed by atoms with E-state index in [0.717, 1.165) is 9.79 Å². The monoisotopic (exact) mass is 402 g/mol. The van der Waals surface area contributed by atoms with Gasteiger partial charge >= 0.3 is 0 Å². The fourth-order valence-corrected chi connectivity index (χ4v) is 3.38. The van der Waals surface area contributed by atoms with E-state index < -0.39 is 4.92 Å². The van der Waals surface area contributed by atoms with Crippen molar-refractivity contribution in [2.45, 2.75) is 9.79 Å². The molecule has 0 saturated carbocycles. The Bertz CT molecular complexity index is 976. The van der Waals surface area contributed by atoms with Crippen LogP contribution in [-0.2, 0) is 0 Å². The van der Waals surface area contributed by atoms with E-state index >= 15 is 0 Å². The second-order valence-corrected chi connectivity index (χ2v) is 7.26. The molecule has 7 heteroatoms. The standard InChI is InChI=1S/C19H12Cl2N2O2S/c20-14-4-7-18(8-5-14)26-19-9-6-17(23(24)25)10-13(19)12-22-16-3-1-2-15(21)11-16/h1-12H. The Labute approximate surface area is 164 Å². The zero-order valence-electron chi connectivity index (χ0n) is 13.3. The highest BCUT2D eigenvalue weighted by Crippen LogP contribution is 2.33. The van der Waals surface area contributed by atoms with E-state index in [1.807, 2.05) is 18.2 Å². The van der Waals surface area contributed by atoms with E-state index in [1.165, 1.54) is 23.9 Å². The van der Waals surface area contributed by atoms with Crippen LogP contribution in [0.4, 0.5) is 11.4 Å². The Morgan fingerprint density at radius 3 is 2.42 bits per heavy atom. The van der Waals surface area contributed by atoms with Crippen molar-refractivity contribution in [3.05, 3.63) is 92.5 Å². The zero-order chi connectivity index (χ0) is 18.5. The molecule has 0 aliphatic rings. The van der Waals surface area contributed by atoms with Crippen molar-refractivity contribution in [1.82, 2.24) is 0 Å². The van der Waals surface area contributed by atoms with Gasteiger partial charge in [-0.3, -0.25) is 15.1 Å². The van der Waals surface area contributed by atoms with Gasteiger partial charge in [0.2, 0.25) is 0 Å². The van der Waals surface area contributed by atoms with Crippen LogP contribution in [0.25, 0.3) is 0 Å². The van der Waals surface area contributed by atoms with Gasteiger partial charge in [-0.25, -0.2) is 0 Å². The van der Waals surface area contributed by atoms with Crippen LogP contribution in [0.15, 0.2) is 81.5 Å². The molecule has 0 aliphatic heterocycles. The van der Waals surface area contributed by atoms with Gasteiger partial charge in [0.05, 0.1) is 10.6 Å². The molecule has 0 atom stereocenters. The van der Waals surface area contributed by atoms with Crippen molar-refractivity contribution in [1.29, 1.82) is 0 Å². The number of hydrogen-bond acceptors (Lipinski definition) is 4. The summed E-state index contributed by atoms with van der Waals surface area (Å²) in [5, 5.41) is 12.3. The molecule has 0 saturated heterocycles. The van der Waals surface area contributed by atoms with Gasteiger partial charge in [0.1, 0.15) is 0 Å². The van der Waals surface area contributed by atoms with E-state index in [2.05, 4.69) is 4.99 Å². The second-order valence-electron chi connectivity index (χ2n) is 5.27. The Hall–Kier alpha value is -2.34. The Kier molecular flexibility index (Phi) is 5.93. The van der Waals surface area contributed by atoms with Gasteiger partial charge in [-0.15, -0.1) is 0 Å². The largest absolute Gasteiger partial charge is 0.270 e. The summed E-state index contributed by atoms with van der Waals surface area (Å²) in [5.41, 5.74) is 1.34. The maximum absolute atomic E-state index is 11.1. The number of nitro groups is 1. The number of benzene rings is 3. The lowest BCUT2D eigenvalue weighted by molar-refractivity contribution is -0.384. The topological polar surface area (TPSA) is 55.5 Å². The number of non-ortho nitro benzene ring substituents is 1. The first kappa shape index (κ1) is 18.5. The predicted octanol–water partition coefficient (Wildman–Crippen LogP) is 6.80. The lowest BCUT2D eigenvalue weighted by atomic mass is 10.2. The van der Waals surface area contributed by atoms with Crippen LogP contribution in [0.3, 0.4) is 0 Å². The number of nitro benzene ring substituents is 1. The molecule has 3 rings (SSSR count). The molecule has 3 aromatic carbocycles. The fraction of sp³-hybridized carbons (Fsp3) is 0. The van der Waals surface area contributed by atoms with Crippen LogP contribution >= 0.6 is 35.0 Å². The van der Waals surface area contributed by atoms with Gasteiger partial charge in [0.15, 0.2) is 0 Å². The smallest absolute Gasteiger partial charge is 0.258 e. The molecule has 0 fully saturated rings. The molecule has 0 spiro atoms. The van der Waals surface area contributed by atoms with Gasteiger partial charge < -0.3 is 0 Å². The van der Waals surface area contributed by atoms with E-state index in [4.69, 9.17) is 23.2 Å². The third kappa shape index (κ3) is 4.85. The van der Waals surface area contributed by atoms with Crippen molar-refractivity contribution < 1.29 is 4.92 Å². The molecule has 0 heterocycles. The lowest BCUT2D eigenvalue weighted by Gasteiger charge is -2.06. The quantitative estimate of drug-likeness (QED) is 0.267. The minimum Gasteiger partial charge on any atom is -0.258 e. The number of hydrogen-bond donors (Lipinski definition) is 0. The van der Waals surface area contributed by atoms with Crippen LogP contribution in [0.2, 0.25) is 10.0 Å². The van der Waals surface area contributed by atoms with Crippen molar-refractivity contribution in [2.24, 2.45) is 4.99 Å². The summed E-state index contributed by atoms with van der Waals surface area (Å²) in [7, 11) is 0. The van der Waals surface area contributed by atoms with Crippen molar-refractivity contribution in [2.75, 3.05) is 0 Å². The molecule has 0 unspecified atom stereocenters. The first-order valence-electron chi connectivity index (χ1n) is 7.53. The molecule has 4 nitrogen and oxygen atoms in total. The highest BCUT2D eigenvalue weighted by Gasteiger charge is 2.11. The minimum atomic E-state index is -0.423. The van der Waals surface area contributed by atoms with E-state index in [0.29, 0.717) is 21.3 Å². The predicted molar refractivity (Wildman–Crippen MR) is 107 cm³/mol. The molecule has 0 N–H and O–H groups in total. The number of nitrogens with zero attached hydrogens (tertiary/aromatic N) is 2. The highest BCUT2D eigenvalue weighted by molar-refractivity contribution is 7.99. The molecule has 0 aliphatic carbocycles. The van der Waals surface area contributed by atoms with Crippen LogP contribution in [0.1, 0.15) is 5.56 Å². The second kappa shape index (κ2) is 8.36. The fourth-order valence-electron chi connectivity index (χ4n) is 2.17. The average molecular weight is 403 g/mol. The zero-order valence-corrected chi connectivity index (χ0v) is 15.6. The van der Waals surface area contributed by atoms with Gasteiger partial charge in [-0.05, 0) is 48.5 Å². The summed E-state index contributed by atoms with van der Waals surface area (Å²) >= 11 is 13.4. The molecular weight excluding hydrogens is 391 g/mol. The van der Waals surface area contributed by atoms with Gasteiger partial charge in [-0.2, -0.15) is 0 Å². The number of rotatable bonds is 5. The maximum atomic E-state index is 11.1. The lowest BCUT2D eigenvalue weighted by Crippen LogP contribution is -1.92. The van der Waals surface area contributed by atoms with E-state index in [1.54, 1.807) is 42.6 Å². The van der Waals surface area contributed by atoms with E-state index in [-0.39, 0.29) is 5.69 Å². The van der Waals surface area contributed by atoms with Gasteiger partial charge in [-0.1, -0.05) is 41.0 Å². The summed E-state index contributed by atoms with van der Waals surface area (Å²) in [4.78, 5) is 16.9. The third-order valence-electron chi connectivity index (χ3n) is 3.41. The molecule has 0 radical (unpaired) electrons. The number of halogens is 2. The van der Waals surface area contributed by atoms with Crippen molar-refractivity contribution in [3.63, 3.8) is 0 Å². The maximum Gasteiger partial charge on any atom is 0.270 e. The third-order valence-corrected chi connectivity index (χ3v) is 4.99. The average Bonchev–Trinajstić information content (AvgIpc) is 2.62. The van der Waals surface area contributed by atoms with Crippen LogP contribution in [0, 0.1) is 10.1 Å². The summed E-state index contributed by atoms with van der Waals surface area (Å²) in [5.74, 6) is 0.